The molecule has 0 heterocycles. The van der Waals surface area contributed by atoms with Crippen molar-refractivity contribution in [2.75, 3.05) is 19.6 Å². The van der Waals surface area contributed by atoms with E-state index in [9.17, 15) is 19.2 Å². The SMILES string of the molecule is CC(C)(C)OC(=O)N[C@@H](CCCN=C(N)N)C(=O)NCCC(=O)NC(C=O)CCCN=C(N)N. The third-order valence-corrected chi connectivity index (χ3v) is 4.08. The van der Waals surface area contributed by atoms with Gasteiger partial charge in [-0.1, -0.05) is 0 Å². The van der Waals surface area contributed by atoms with Crippen LogP contribution in [0, 0.1) is 0 Å². The fourth-order valence-corrected chi connectivity index (χ4v) is 2.62. The van der Waals surface area contributed by atoms with Crippen molar-refractivity contribution in [1.29, 1.82) is 0 Å². The summed E-state index contributed by atoms with van der Waals surface area (Å²) in [5, 5.41) is 7.69. The van der Waals surface area contributed by atoms with E-state index in [2.05, 4.69) is 25.9 Å². The Labute approximate surface area is 199 Å². The second-order valence-electron chi connectivity index (χ2n) is 8.45. The number of amides is 3. The van der Waals surface area contributed by atoms with Gasteiger partial charge in [0, 0.05) is 26.1 Å². The first-order chi connectivity index (χ1) is 15.8. The molecule has 0 aliphatic rings. The summed E-state index contributed by atoms with van der Waals surface area (Å²) in [4.78, 5) is 55.6. The monoisotopic (exact) mass is 485 g/mol. The van der Waals surface area contributed by atoms with Crippen molar-refractivity contribution >= 4 is 36.1 Å². The fraction of sp³-hybridized carbons (Fsp3) is 0.700. The van der Waals surface area contributed by atoms with Crippen molar-refractivity contribution in [3.8, 4) is 0 Å². The summed E-state index contributed by atoms with van der Waals surface area (Å²) in [5.41, 5.74) is 20.3. The molecule has 194 valence electrons. The maximum atomic E-state index is 12.6. The van der Waals surface area contributed by atoms with Gasteiger partial charge in [0.2, 0.25) is 11.8 Å². The Kier molecular flexibility index (Phi) is 14.4. The smallest absolute Gasteiger partial charge is 0.408 e. The summed E-state index contributed by atoms with van der Waals surface area (Å²) in [5.74, 6) is -1.02. The van der Waals surface area contributed by atoms with Crippen LogP contribution in [0.25, 0.3) is 0 Å². The Balaban J connectivity index is 4.66. The average Bonchev–Trinajstić information content (AvgIpc) is 2.70. The van der Waals surface area contributed by atoms with Gasteiger partial charge in [-0.2, -0.15) is 0 Å². The van der Waals surface area contributed by atoms with E-state index in [1.54, 1.807) is 20.8 Å². The highest BCUT2D eigenvalue weighted by molar-refractivity contribution is 5.86. The summed E-state index contributed by atoms with van der Waals surface area (Å²) in [6, 6.07) is -1.60. The molecular weight excluding hydrogens is 446 g/mol. The van der Waals surface area contributed by atoms with Crippen LogP contribution in [0.4, 0.5) is 4.79 Å². The van der Waals surface area contributed by atoms with Gasteiger partial charge in [-0.15, -0.1) is 0 Å². The van der Waals surface area contributed by atoms with Gasteiger partial charge in [0.1, 0.15) is 17.9 Å². The maximum absolute atomic E-state index is 12.6. The molecule has 34 heavy (non-hydrogen) atoms. The molecule has 0 bridgehead atoms. The molecule has 0 aromatic heterocycles. The van der Waals surface area contributed by atoms with E-state index in [0.717, 1.165) is 0 Å². The van der Waals surface area contributed by atoms with Crippen LogP contribution in [-0.4, -0.2) is 73.4 Å². The number of carbonyl (C=O) groups is 4. The molecule has 0 saturated carbocycles. The van der Waals surface area contributed by atoms with Crippen LogP contribution in [0.3, 0.4) is 0 Å². The fourth-order valence-electron chi connectivity index (χ4n) is 2.62. The molecule has 14 heteroatoms. The minimum Gasteiger partial charge on any atom is -0.444 e. The molecule has 3 amide bonds. The van der Waals surface area contributed by atoms with Crippen LogP contribution in [-0.2, 0) is 19.1 Å². The molecule has 0 aromatic rings. The Hall–Kier alpha value is -3.58. The first-order valence-electron chi connectivity index (χ1n) is 11.0. The van der Waals surface area contributed by atoms with E-state index in [1.807, 2.05) is 0 Å². The Morgan fingerprint density at radius 2 is 1.50 bits per heavy atom. The summed E-state index contributed by atoms with van der Waals surface area (Å²) in [6.45, 7) is 5.73. The van der Waals surface area contributed by atoms with Gasteiger partial charge >= 0.3 is 6.09 Å². The number of aldehydes is 1. The molecule has 0 rings (SSSR count). The van der Waals surface area contributed by atoms with Crippen molar-refractivity contribution in [3.63, 3.8) is 0 Å². The van der Waals surface area contributed by atoms with E-state index < -0.39 is 35.6 Å². The molecule has 0 fully saturated rings. The molecule has 0 radical (unpaired) electrons. The molecule has 0 spiro atoms. The molecule has 11 N–H and O–H groups in total. The zero-order chi connectivity index (χ0) is 26.1. The number of nitrogens with zero attached hydrogens (tertiary/aromatic N) is 2. The van der Waals surface area contributed by atoms with Crippen LogP contribution in [0.1, 0.15) is 52.9 Å². The molecule has 0 aliphatic carbocycles. The van der Waals surface area contributed by atoms with E-state index in [1.165, 1.54) is 0 Å². The summed E-state index contributed by atoms with van der Waals surface area (Å²) in [6.07, 6.45) is 1.37. The topological polar surface area (TPSA) is 242 Å². The first-order valence-corrected chi connectivity index (χ1v) is 11.0. The zero-order valence-corrected chi connectivity index (χ0v) is 20.1. The molecule has 0 aromatic carbocycles. The summed E-state index contributed by atoms with van der Waals surface area (Å²) in [7, 11) is 0. The normalized spacial score (nSPS) is 12.4. The standard InChI is InChI=1S/C20H39N9O5/c1-20(2,3)34-19(33)29-14(7-5-10-27-18(23)24)16(32)25-11-8-15(31)28-13(12-30)6-4-9-26-17(21)22/h12-14H,4-11H2,1-3H3,(H,25,32)(H,28,31)(H,29,33)(H4,21,22,26)(H4,23,24,27)/t13?,14-/m0/s1. The van der Waals surface area contributed by atoms with Crippen molar-refractivity contribution in [1.82, 2.24) is 16.0 Å². The van der Waals surface area contributed by atoms with Crippen LogP contribution in [0.5, 0.6) is 0 Å². The lowest BCUT2D eigenvalue weighted by atomic mass is 10.1. The number of guanidine groups is 2. The van der Waals surface area contributed by atoms with Gasteiger partial charge < -0.3 is 48.4 Å². The molecule has 1 unspecified atom stereocenters. The van der Waals surface area contributed by atoms with E-state index in [0.29, 0.717) is 32.1 Å². The number of ether oxygens (including phenoxy) is 1. The lowest BCUT2D eigenvalue weighted by Gasteiger charge is -2.23. The minimum absolute atomic E-state index is 0.00461. The van der Waals surface area contributed by atoms with Crippen molar-refractivity contribution in [2.45, 2.75) is 70.6 Å². The van der Waals surface area contributed by atoms with Crippen molar-refractivity contribution in [3.05, 3.63) is 0 Å². The Morgan fingerprint density at radius 1 is 0.941 bits per heavy atom. The molecule has 14 nitrogen and oxygen atoms in total. The average molecular weight is 486 g/mol. The summed E-state index contributed by atoms with van der Waals surface area (Å²) >= 11 is 0. The van der Waals surface area contributed by atoms with E-state index in [-0.39, 0.29) is 37.9 Å². The number of alkyl carbamates (subject to hydrolysis) is 1. The first kappa shape index (κ1) is 30.4. The predicted octanol–water partition coefficient (Wildman–Crippen LogP) is -1.82. The number of hydrogen-bond donors (Lipinski definition) is 7. The third kappa shape index (κ3) is 17.0. The van der Waals surface area contributed by atoms with Gasteiger partial charge in [-0.3, -0.25) is 19.6 Å². The van der Waals surface area contributed by atoms with Gasteiger partial charge in [0.15, 0.2) is 11.9 Å². The molecule has 0 aliphatic heterocycles. The minimum atomic E-state index is -0.912. The molecular formula is C20H39N9O5. The van der Waals surface area contributed by atoms with Crippen LogP contribution in [0.2, 0.25) is 0 Å². The highest BCUT2D eigenvalue weighted by Gasteiger charge is 2.24. The quantitative estimate of drug-likeness (QED) is 0.0596. The Bertz CT molecular complexity index is 726. The van der Waals surface area contributed by atoms with Gasteiger partial charge in [0.05, 0.1) is 6.04 Å². The number of hydrogen-bond acceptors (Lipinski definition) is 7. The lowest BCUT2D eigenvalue weighted by molar-refractivity contribution is -0.125. The highest BCUT2D eigenvalue weighted by atomic mass is 16.6. The highest BCUT2D eigenvalue weighted by Crippen LogP contribution is 2.08. The van der Waals surface area contributed by atoms with Crippen LogP contribution < -0.4 is 38.9 Å². The number of aliphatic imine (C=N–C) groups is 2. The number of carbonyl (C=O) groups excluding carboxylic acids is 4. The summed E-state index contributed by atoms with van der Waals surface area (Å²) < 4.78 is 5.20. The lowest BCUT2D eigenvalue weighted by Crippen LogP contribution is -2.49. The van der Waals surface area contributed by atoms with E-state index >= 15 is 0 Å². The van der Waals surface area contributed by atoms with Gasteiger partial charge in [0.25, 0.3) is 0 Å². The van der Waals surface area contributed by atoms with Crippen molar-refractivity contribution in [2.24, 2.45) is 32.9 Å². The Morgan fingerprint density at radius 3 is 2.00 bits per heavy atom. The number of nitrogens with two attached hydrogens (primary N) is 4. The number of rotatable bonds is 15. The zero-order valence-electron chi connectivity index (χ0n) is 20.1. The van der Waals surface area contributed by atoms with Gasteiger partial charge in [-0.05, 0) is 46.5 Å². The maximum Gasteiger partial charge on any atom is 0.408 e. The second kappa shape index (κ2) is 16.1. The van der Waals surface area contributed by atoms with Crippen LogP contribution in [0.15, 0.2) is 9.98 Å². The van der Waals surface area contributed by atoms with E-state index in [4.69, 9.17) is 27.7 Å². The largest absolute Gasteiger partial charge is 0.444 e. The van der Waals surface area contributed by atoms with Crippen molar-refractivity contribution < 1.29 is 23.9 Å². The molecule has 2 atom stereocenters. The number of nitrogens with one attached hydrogen (secondary N) is 3. The third-order valence-electron chi connectivity index (χ3n) is 4.08. The van der Waals surface area contributed by atoms with Crippen LogP contribution >= 0.6 is 0 Å². The van der Waals surface area contributed by atoms with Gasteiger partial charge in [-0.25, -0.2) is 4.79 Å². The molecule has 0 saturated heterocycles. The predicted molar refractivity (Wildman–Crippen MR) is 129 cm³/mol. The second-order valence-corrected chi connectivity index (χ2v) is 8.45.